The Morgan fingerprint density at radius 3 is 2.80 bits per heavy atom. The quantitative estimate of drug-likeness (QED) is 0.716. The number of fused-ring (bicyclic) bond motifs is 1. The fraction of sp³-hybridized carbons (Fsp3) is 0.250. The van der Waals surface area contributed by atoms with Gasteiger partial charge in [-0.05, 0) is 43.7 Å². The number of aryl methyl sites for hydroxylation is 1. The van der Waals surface area contributed by atoms with Crippen LogP contribution in [0.4, 0.5) is 5.69 Å². The number of carbonyl (C=O) groups is 1. The molecule has 0 radical (unpaired) electrons. The van der Waals surface area contributed by atoms with Crippen LogP contribution in [0.5, 0.6) is 5.75 Å². The molecule has 0 spiro atoms. The summed E-state index contributed by atoms with van der Waals surface area (Å²) in [6.07, 6.45) is 1.85. The lowest BCUT2D eigenvalue weighted by Gasteiger charge is -2.11. The molecule has 130 valence electrons. The van der Waals surface area contributed by atoms with Gasteiger partial charge in [-0.2, -0.15) is 0 Å². The van der Waals surface area contributed by atoms with E-state index >= 15 is 0 Å². The smallest absolute Gasteiger partial charge is 0.228 e. The van der Waals surface area contributed by atoms with Gasteiger partial charge in [0.05, 0.1) is 25.9 Å². The van der Waals surface area contributed by atoms with E-state index < -0.39 is 0 Å². The van der Waals surface area contributed by atoms with Gasteiger partial charge < -0.3 is 19.6 Å². The third kappa shape index (κ3) is 3.83. The standard InChI is InChI=1S/C20H21NO4/c1-3-24-18-7-5-16(9-14(18)11-22)21-20(23)10-15-12-25-19-8-13(2)4-6-17(15)19/h4-9,12,22H,3,10-11H2,1-2H3,(H,21,23). The Labute approximate surface area is 146 Å². The fourth-order valence-electron chi connectivity index (χ4n) is 2.78. The highest BCUT2D eigenvalue weighted by Gasteiger charge is 2.12. The maximum absolute atomic E-state index is 12.4. The molecule has 0 saturated heterocycles. The van der Waals surface area contributed by atoms with E-state index in [2.05, 4.69) is 5.32 Å². The van der Waals surface area contributed by atoms with Crippen molar-refractivity contribution in [1.82, 2.24) is 0 Å². The topological polar surface area (TPSA) is 71.7 Å². The van der Waals surface area contributed by atoms with Gasteiger partial charge in [0.25, 0.3) is 0 Å². The molecular weight excluding hydrogens is 318 g/mol. The van der Waals surface area contributed by atoms with Crippen LogP contribution in [0.1, 0.15) is 23.6 Å². The SMILES string of the molecule is CCOc1ccc(NC(=O)Cc2coc3cc(C)ccc23)cc1CO. The van der Waals surface area contributed by atoms with Crippen molar-refractivity contribution in [2.24, 2.45) is 0 Å². The van der Waals surface area contributed by atoms with Crippen molar-refractivity contribution in [3.63, 3.8) is 0 Å². The summed E-state index contributed by atoms with van der Waals surface area (Å²) < 4.78 is 11.0. The van der Waals surface area contributed by atoms with E-state index in [-0.39, 0.29) is 18.9 Å². The summed E-state index contributed by atoms with van der Waals surface area (Å²) in [6, 6.07) is 11.2. The van der Waals surface area contributed by atoms with Gasteiger partial charge in [0.1, 0.15) is 11.3 Å². The molecule has 1 aromatic heterocycles. The van der Waals surface area contributed by atoms with Gasteiger partial charge in [-0.25, -0.2) is 0 Å². The number of hydrogen-bond acceptors (Lipinski definition) is 4. The molecule has 5 nitrogen and oxygen atoms in total. The van der Waals surface area contributed by atoms with Crippen LogP contribution in [-0.4, -0.2) is 17.6 Å². The van der Waals surface area contributed by atoms with Gasteiger partial charge in [0, 0.05) is 22.2 Å². The zero-order valence-electron chi connectivity index (χ0n) is 14.3. The second-order valence-electron chi connectivity index (χ2n) is 5.90. The molecule has 1 amide bonds. The van der Waals surface area contributed by atoms with Gasteiger partial charge in [-0.3, -0.25) is 4.79 Å². The summed E-state index contributed by atoms with van der Waals surface area (Å²) in [5.41, 5.74) is 4.01. The number of nitrogens with one attached hydrogen (secondary N) is 1. The van der Waals surface area contributed by atoms with Crippen LogP contribution in [0.25, 0.3) is 11.0 Å². The zero-order chi connectivity index (χ0) is 17.8. The first-order valence-corrected chi connectivity index (χ1v) is 8.24. The van der Waals surface area contributed by atoms with E-state index in [4.69, 9.17) is 9.15 Å². The van der Waals surface area contributed by atoms with Crippen molar-refractivity contribution < 1.29 is 19.1 Å². The first-order chi connectivity index (χ1) is 12.1. The molecule has 5 heteroatoms. The summed E-state index contributed by atoms with van der Waals surface area (Å²) >= 11 is 0. The molecular formula is C20H21NO4. The minimum absolute atomic E-state index is 0.142. The van der Waals surface area contributed by atoms with Crippen molar-refractivity contribution >= 4 is 22.6 Å². The molecule has 0 aliphatic rings. The number of aliphatic hydroxyl groups excluding tert-OH is 1. The van der Waals surface area contributed by atoms with E-state index in [9.17, 15) is 9.90 Å². The number of furan rings is 1. The molecule has 2 N–H and O–H groups in total. The van der Waals surface area contributed by atoms with Crippen LogP contribution in [0, 0.1) is 6.92 Å². The largest absolute Gasteiger partial charge is 0.494 e. The molecule has 0 unspecified atom stereocenters. The van der Waals surface area contributed by atoms with E-state index in [1.165, 1.54) is 0 Å². The Hall–Kier alpha value is -2.79. The molecule has 3 rings (SSSR count). The fourth-order valence-corrected chi connectivity index (χ4v) is 2.78. The second-order valence-corrected chi connectivity index (χ2v) is 5.90. The summed E-state index contributed by atoms with van der Waals surface area (Å²) in [6.45, 7) is 4.25. The maximum atomic E-state index is 12.4. The molecule has 25 heavy (non-hydrogen) atoms. The van der Waals surface area contributed by atoms with Crippen LogP contribution in [0.2, 0.25) is 0 Å². The van der Waals surface area contributed by atoms with Crippen LogP contribution in [0.3, 0.4) is 0 Å². The van der Waals surface area contributed by atoms with Crippen LogP contribution in [0.15, 0.2) is 47.1 Å². The van der Waals surface area contributed by atoms with Crippen molar-refractivity contribution in [2.75, 3.05) is 11.9 Å². The third-order valence-electron chi connectivity index (χ3n) is 3.98. The molecule has 0 aliphatic carbocycles. The maximum Gasteiger partial charge on any atom is 0.228 e. The van der Waals surface area contributed by atoms with Crippen molar-refractivity contribution in [3.8, 4) is 5.75 Å². The highest BCUT2D eigenvalue weighted by Crippen LogP contribution is 2.25. The minimum Gasteiger partial charge on any atom is -0.494 e. The normalized spacial score (nSPS) is 10.8. The van der Waals surface area contributed by atoms with Crippen LogP contribution >= 0.6 is 0 Å². The molecule has 0 saturated carbocycles. The minimum atomic E-state index is -0.148. The predicted molar refractivity (Wildman–Crippen MR) is 96.8 cm³/mol. The molecule has 0 aliphatic heterocycles. The number of benzene rings is 2. The summed E-state index contributed by atoms with van der Waals surface area (Å²) in [5.74, 6) is 0.482. The van der Waals surface area contributed by atoms with Crippen molar-refractivity contribution in [1.29, 1.82) is 0 Å². The lowest BCUT2D eigenvalue weighted by Crippen LogP contribution is -2.14. The van der Waals surface area contributed by atoms with Crippen LogP contribution < -0.4 is 10.1 Å². The van der Waals surface area contributed by atoms with Crippen LogP contribution in [-0.2, 0) is 17.8 Å². The molecule has 2 aromatic carbocycles. The second kappa shape index (κ2) is 7.40. The Kier molecular flexibility index (Phi) is 5.05. The van der Waals surface area contributed by atoms with E-state index in [0.29, 0.717) is 23.6 Å². The first kappa shape index (κ1) is 17.0. The Morgan fingerprint density at radius 2 is 2.04 bits per heavy atom. The molecule has 1 heterocycles. The lowest BCUT2D eigenvalue weighted by molar-refractivity contribution is -0.115. The monoisotopic (exact) mass is 339 g/mol. The molecule has 0 atom stereocenters. The number of carbonyl (C=O) groups excluding carboxylic acids is 1. The highest BCUT2D eigenvalue weighted by atomic mass is 16.5. The number of amides is 1. The van der Waals surface area contributed by atoms with Gasteiger partial charge in [0.15, 0.2) is 0 Å². The first-order valence-electron chi connectivity index (χ1n) is 8.24. The summed E-state index contributed by atoms with van der Waals surface area (Å²) in [7, 11) is 0. The zero-order valence-corrected chi connectivity index (χ0v) is 14.3. The number of hydrogen-bond donors (Lipinski definition) is 2. The van der Waals surface area contributed by atoms with Gasteiger partial charge >= 0.3 is 0 Å². The Morgan fingerprint density at radius 1 is 1.20 bits per heavy atom. The number of ether oxygens (including phenoxy) is 1. The third-order valence-corrected chi connectivity index (χ3v) is 3.98. The van der Waals surface area contributed by atoms with Gasteiger partial charge in [0.2, 0.25) is 5.91 Å². The van der Waals surface area contributed by atoms with E-state index in [1.54, 1.807) is 24.5 Å². The van der Waals surface area contributed by atoms with E-state index in [0.717, 1.165) is 22.1 Å². The number of rotatable bonds is 6. The van der Waals surface area contributed by atoms with Gasteiger partial charge in [-0.1, -0.05) is 12.1 Å². The highest BCUT2D eigenvalue weighted by molar-refractivity contribution is 5.95. The summed E-state index contributed by atoms with van der Waals surface area (Å²) in [5, 5.41) is 13.2. The number of anilines is 1. The lowest BCUT2D eigenvalue weighted by atomic mass is 10.1. The van der Waals surface area contributed by atoms with Crippen molar-refractivity contribution in [3.05, 3.63) is 59.4 Å². The summed E-state index contributed by atoms with van der Waals surface area (Å²) in [4.78, 5) is 12.4. The number of aliphatic hydroxyl groups is 1. The molecule has 3 aromatic rings. The average molecular weight is 339 g/mol. The Bertz CT molecular complexity index is 898. The molecule has 0 bridgehead atoms. The van der Waals surface area contributed by atoms with Crippen molar-refractivity contribution in [2.45, 2.75) is 26.9 Å². The van der Waals surface area contributed by atoms with E-state index in [1.807, 2.05) is 32.0 Å². The molecule has 0 fully saturated rings. The average Bonchev–Trinajstić information content (AvgIpc) is 2.98. The Balaban J connectivity index is 1.73. The van der Waals surface area contributed by atoms with Gasteiger partial charge in [-0.15, -0.1) is 0 Å². The predicted octanol–water partition coefficient (Wildman–Crippen LogP) is 3.81.